The molecule has 9 heterocycles. The number of anilines is 1. The number of amides is 1. The lowest BCUT2D eigenvalue weighted by molar-refractivity contribution is -0.125. The van der Waals surface area contributed by atoms with Crippen LogP contribution in [0.2, 0.25) is 0 Å². The van der Waals surface area contributed by atoms with Crippen LogP contribution in [0.3, 0.4) is 0 Å². The third-order valence-electron chi connectivity index (χ3n) is 25.6. The minimum atomic E-state index is -3.72. The number of carbonyl (C=O) groups is 4. The van der Waals surface area contributed by atoms with E-state index < -0.39 is 52.6 Å². The second-order valence-corrected chi connectivity index (χ2v) is 39.0. The number of rotatable bonds is 25. The van der Waals surface area contributed by atoms with Gasteiger partial charge in [-0.1, -0.05) is 123 Å². The molecule has 0 bridgehead atoms. The molecular formula is C103H110N7O19S3-. The SMILES string of the molecule is CC(C)c1ccccc1-c1ccc(CC(=O)C2(c3ccc4c(c3)OCO4)CC2)nc1.COc1ccc(C2(C(=O)Nc3cccc(-c4ccc(S(=O)[O-])cc4)n3)CCOCC2)cc1.Cc1cc(CC(=O)C2(c3ccc4c(c3)OCO4)CC2)ncc1-c1cccc(S(C)(=O)=O)c1.NS(=O)(=O)c1ccc(-c2ccc(CC(=O)C3(c4ccc5c(c4)OCO5)CC3)nc2)cc1.OC[C@H]1CCCN1.[HH].[HH].[HH].[HH]. The Bertz CT molecular complexity index is 6540. The Kier molecular flexibility index (Phi) is 27.9. The van der Waals surface area contributed by atoms with Crippen molar-refractivity contribution < 1.29 is 93.5 Å². The molecule has 0 radical (unpaired) electrons. The number of hydrogen-bond donors (Lipinski definition) is 4. The number of sulfonamides is 1. The molecule has 1 unspecified atom stereocenters. The first-order valence-corrected chi connectivity index (χ1v) is 48.4. The van der Waals surface area contributed by atoms with Crippen LogP contribution in [-0.2, 0) is 95.8 Å². The Morgan fingerprint density at radius 1 is 0.530 bits per heavy atom. The number of aryl methyl sites for hydroxylation is 1. The van der Waals surface area contributed by atoms with Gasteiger partial charge in [-0.3, -0.25) is 38.3 Å². The highest BCUT2D eigenvalue weighted by atomic mass is 32.2. The second-order valence-electron chi connectivity index (χ2n) is 34.4. The van der Waals surface area contributed by atoms with Gasteiger partial charge in [-0.05, 0) is 260 Å². The van der Waals surface area contributed by atoms with Crippen molar-refractivity contribution in [2.75, 3.05) is 65.4 Å². The summed E-state index contributed by atoms with van der Waals surface area (Å²) >= 11 is -2.28. The van der Waals surface area contributed by atoms with Gasteiger partial charge in [-0.2, -0.15) is 0 Å². The number of nitrogens with one attached hydrogen (secondary N) is 2. The average Bonchev–Trinajstić information content (AvgIpc) is 1.60. The molecule has 26 nitrogen and oxygen atoms in total. The molecule has 0 spiro atoms. The third-order valence-corrected chi connectivity index (χ3v) is 28.3. The van der Waals surface area contributed by atoms with Crippen LogP contribution >= 0.6 is 0 Å². The van der Waals surface area contributed by atoms with E-state index in [-0.39, 0.29) is 76.9 Å². The molecular weight excluding hydrogens is 1740 g/mol. The number of carbonyl (C=O) groups excluding carboxylic acids is 4. The van der Waals surface area contributed by atoms with E-state index in [9.17, 15) is 44.8 Å². The summed E-state index contributed by atoms with van der Waals surface area (Å²) in [5.74, 6) is 6.28. The number of pyridine rings is 4. The maximum atomic E-state index is 13.5. The molecule has 3 saturated carbocycles. The monoisotopic (exact) mass is 1840 g/mol. The number of aromatic nitrogens is 4. The molecule has 690 valence electrons. The van der Waals surface area contributed by atoms with Crippen LogP contribution in [0.4, 0.5) is 5.82 Å². The number of sulfone groups is 1. The van der Waals surface area contributed by atoms with E-state index in [0.29, 0.717) is 96.9 Å². The zero-order chi connectivity index (χ0) is 92.5. The Balaban J connectivity index is 0.000000157. The van der Waals surface area contributed by atoms with Crippen molar-refractivity contribution >= 4 is 60.0 Å². The number of nitrogens with two attached hydrogens (primary N) is 1. The van der Waals surface area contributed by atoms with Crippen molar-refractivity contribution in [2.24, 2.45) is 5.14 Å². The van der Waals surface area contributed by atoms with Gasteiger partial charge in [-0.25, -0.2) is 27.0 Å². The van der Waals surface area contributed by atoms with Gasteiger partial charge >= 0.3 is 0 Å². The van der Waals surface area contributed by atoms with Crippen molar-refractivity contribution in [3.05, 3.63) is 294 Å². The normalized spacial score (nSPS) is 16.9. The smallest absolute Gasteiger partial charge is 0.238 e. The highest BCUT2D eigenvalue weighted by Crippen LogP contribution is 2.55. The Labute approximate surface area is 775 Å². The molecule has 8 aromatic carbocycles. The van der Waals surface area contributed by atoms with Gasteiger partial charge in [0.1, 0.15) is 28.9 Å². The molecule has 29 heteroatoms. The van der Waals surface area contributed by atoms with Crippen LogP contribution in [0.1, 0.15) is 140 Å². The summed E-state index contributed by atoms with van der Waals surface area (Å²) in [4.78, 5) is 71.7. The van der Waals surface area contributed by atoms with Gasteiger partial charge < -0.3 is 58.2 Å². The summed E-state index contributed by atoms with van der Waals surface area (Å²) in [6.45, 7) is 9.41. The molecule has 12 aromatic rings. The van der Waals surface area contributed by atoms with Crippen LogP contribution in [0, 0.1) is 6.92 Å². The first-order chi connectivity index (χ1) is 63.6. The lowest BCUT2D eigenvalue weighted by atomic mass is 9.73. The quantitative estimate of drug-likeness (QED) is 0.0386. The lowest BCUT2D eigenvalue weighted by Crippen LogP contribution is -2.45. The zero-order valence-electron chi connectivity index (χ0n) is 73.8. The maximum absolute atomic E-state index is 13.5. The molecule has 8 aliphatic rings. The molecule has 3 aliphatic carbocycles. The van der Waals surface area contributed by atoms with Crippen molar-refractivity contribution in [3.63, 3.8) is 0 Å². The summed E-state index contributed by atoms with van der Waals surface area (Å²) in [6.07, 6.45) is 15.9. The number of hydrogen-bond acceptors (Lipinski definition) is 24. The van der Waals surface area contributed by atoms with E-state index in [4.69, 9.17) is 48.1 Å². The highest BCUT2D eigenvalue weighted by molar-refractivity contribution is 7.90. The molecule has 1 amide bonds. The highest BCUT2D eigenvalue weighted by Gasteiger charge is 2.53. The molecule has 5 aliphatic heterocycles. The Hall–Kier alpha value is -12.7. The van der Waals surface area contributed by atoms with Crippen molar-refractivity contribution in [2.45, 2.75) is 153 Å². The van der Waals surface area contributed by atoms with E-state index in [1.54, 1.807) is 68.0 Å². The fourth-order valence-corrected chi connectivity index (χ4v) is 18.9. The van der Waals surface area contributed by atoms with Gasteiger partial charge in [0.15, 0.2) is 44.3 Å². The first-order valence-electron chi connectivity index (χ1n) is 43.9. The van der Waals surface area contributed by atoms with Crippen LogP contribution in [0.25, 0.3) is 44.6 Å². The molecule has 2 saturated heterocycles. The molecule has 5 fully saturated rings. The summed E-state index contributed by atoms with van der Waals surface area (Å²) in [7, 11) is -5.41. The largest absolute Gasteiger partial charge is 0.768 e. The average molecular weight is 1850 g/mol. The van der Waals surface area contributed by atoms with Crippen molar-refractivity contribution in [1.82, 2.24) is 25.3 Å². The number of nitrogens with zero attached hydrogens (tertiary/aromatic N) is 4. The summed E-state index contributed by atoms with van der Waals surface area (Å²) in [5, 5.41) is 19.8. The number of benzene rings is 8. The van der Waals surface area contributed by atoms with E-state index in [0.717, 1.165) is 136 Å². The predicted molar refractivity (Wildman–Crippen MR) is 506 cm³/mol. The number of ketones is 3. The molecule has 20 rings (SSSR count). The van der Waals surface area contributed by atoms with Crippen LogP contribution in [0.15, 0.2) is 258 Å². The Morgan fingerprint density at radius 2 is 1.03 bits per heavy atom. The van der Waals surface area contributed by atoms with Crippen LogP contribution in [-0.4, -0.2) is 140 Å². The fourth-order valence-electron chi connectivity index (χ4n) is 17.4. The van der Waals surface area contributed by atoms with Gasteiger partial charge in [0.05, 0.1) is 50.9 Å². The van der Waals surface area contributed by atoms with Gasteiger partial charge in [-0.15, -0.1) is 0 Å². The number of aliphatic hydroxyl groups excluding tert-OH is 1. The van der Waals surface area contributed by atoms with Gasteiger partial charge in [0, 0.05) is 113 Å². The fraction of sp³-hybridized carbons (Fsp3) is 0.301. The summed E-state index contributed by atoms with van der Waals surface area (Å²) in [6, 6.07) is 68.3. The molecule has 4 aromatic heterocycles. The number of Topliss-reactive ketones (excluding diaryl/α,β-unsaturated/α-hetero) is 3. The van der Waals surface area contributed by atoms with E-state index in [1.165, 1.54) is 48.1 Å². The number of methoxy groups -OCH3 is 1. The topological polar surface area (TPSA) is 372 Å². The number of fused-ring (bicyclic) bond motifs is 3. The van der Waals surface area contributed by atoms with Crippen molar-refractivity contribution in [1.29, 1.82) is 0 Å². The molecule has 2 atom stereocenters. The molecule has 132 heavy (non-hydrogen) atoms. The lowest BCUT2D eigenvalue weighted by Gasteiger charge is -2.36. The van der Waals surface area contributed by atoms with Gasteiger partial charge in [0.2, 0.25) is 36.3 Å². The van der Waals surface area contributed by atoms with E-state index >= 15 is 0 Å². The minimum Gasteiger partial charge on any atom is -0.768 e. The number of aliphatic hydroxyl groups is 1. The summed E-state index contributed by atoms with van der Waals surface area (Å²) < 4.78 is 112. The third kappa shape index (κ3) is 21.1. The van der Waals surface area contributed by atoms with E-state index in [2.05, 4.69) is 74.7 Å². The standard InChI is InChI=1S/C26H25NO3.C25H23NO5S.C24H24N2O5S.C23H20N2O5S.C5H11NO.4H2/c1-17(2)21-5-3-4-6-22(21)18-7-9-20(27-15-18)14-25(28)26(11-12-26)19-8-10-23-24(13-19)30-16-29-23;1-16-10-19(26-14-21(16)17-4-3-5-20(11-17)32(2,28)29)13-24(27)25(8-9-25)18-6-7-22-23(12-18)31-15-30-22;1-30-19-9-7-18(8-10-19)24(13-15-31-16-14-24)23(27)26-22-4-2-3-21(25-22)17-5-11-20(12-6-17)32(28)29;24-31(27,28)19-6-2-15(3-7-19)16-1-5-18(25-13-16)12-22(26)23(9-10-23)17-4-8-20-21(11-17)30-14-29-20;7-4-5-2-1-3-6-5;;;;/h3-10,13,15,17H,11-12,14,16H2,1-2H3;3-7,10-12,14H,8-9,13,15H2,1-2H3;2-12H,13-16H2,1H3,(H,28,29)(H,25,26,27);1-8,11,13H,9-10,12,14H2,(H2,24,27,28);5-7H,1-4H2;4*1H/p-1/t;;;;5-;;;;/m....1..../s1. The summed E-state index contributed by atoms with van der Waals surface area (Å²) in [5.41, 5.74) is 13.3. The second kappa shape index (κ2) is 39.8. The number of ether oxygens (including phenoxy) is 8. The van der Waals surface area contributed by atoms with Crippen molar-refractivity contribution in [3.8, 4) is 84.9 Å². The van der Waals surface area contributed by atoms with Crippen LogP contribution < -0.4 is 48.9 Å². The predicted octanol–water partition coefficient (Wildman–Crippen LogP) is 16.8. The van der Waals surface area contributed by atoms with E-state index in [1.807, 2.05) is 134 Å². The zero-order valence-corrected chi connectivity index (χ0v) is 76.2. The Morgan fingerprint density at radius 3 is 1.50 bits per heavy atom. The minimum absolute atomic E-state index is 0. The first kappa shape index (κ1) is 92.6. The van der Waals surface area contributed by atoms with Gasteiger partial charge in [0.25, 0.3) is 0 Å². The number of primary sulfonamides is 1. The van der Waals surface area contributed by atoms with Crippen LogP contribution in [0.5, 0.6) is 40.2 Å². The maximum Gasteiger partial charge on any atom is 0.238 e. The molecule has 5 N–H and O–H groups in total.